The summed E-state index contributed by atoms with van der Waals surface area (Å²) in [6.45, 7) is 36.9. The maximum absolute atomic E-state index is 13.5. The lowest BCUT2D eigenvalue weighted by Gasteiger charge is -2.13. The minimum atomic E-state index is -0.0683. The monoisotopic (exact) mass is 715 g/mol. The highest BCUT2D eigenvalue weighted by atomic mass is 35.5. The fraction of sp³-hybridized carbons (Fsp3) is 0.510. The molecule has 0 bridgehead atoms. The first-order valence-electron chi connectivity index (χ1n) is 19.5. The van der Waals surface area contributed by atoms with Crippen LogP contribution in [0.25, 0.3) is 0 Å². The first-order valence-corrected chi connectivity index (χ1v) is 19.8. The highest BCUT2D eigenvalue weighted by Gasteiger charge is 2.09. The van der Waals surface area contributed by atoms with Gasteiger partial charge in [-0.2, -0.15) is 0 Å². The van der Waals surface area contributed by atoms with Crippen LogP contribution in [0.15, 0.2) is 78.9 Å². The van der Waals surface area contributed by atoms with Crippen LogP contribution in [0.4, 0.5) is 4.39 Å². The molecule has 2 heteroatoms. The molecule has 0 saturated heterocycles. The van der Waals surface area contributed by atoms with Crippen molar-refractivity contribution in [1.29, 1.82) is 0 Å². The molecule has 0 heterocycles. The Morgan fingerprint density at radius 2 is 0.647 bits per heavy atom. The van der Waals surface area contributed by atoms with E-state index in [0.29, 0.717) is 41.4 Å². The molecule has 51 heavy (non-hydrogen) atoms. The predicted molar refractivity (Wildman–Crippen MR) is 228 cm³/mol. The molecule has 282 valence electrons. The molecule has 0 unspecified atom stereocenters. The van der Waals surface area contributed by atoms with Crippen LogP contribution < -0.4 is 0 Å². The summed E-state index contributed by atoms with van der Waals surface area (Å²) in [5.41, 5.74) is 11.7. The zero-order chi connectivity index (χ0) is 39.2. The lowest BCUT2D eigenvalue weighted by molar-refractivity contribution is 0.594. The smallest absolute Gasteiger partial charge is 0.126 e. The number of rotatable bonds is 8. The Morgan fingerprint density at radius 3 is 0.941 bits per heavy atom. The van der Waals surface area contributed by atoms with Gasteiger partial charge in [-0.25, -0.2) is 4.39 Å². The number of hydrogen-bond donors (Lipinski definition) is 0. The van der Waals surface area contributed by atoms with Crippen LogP contribution in [0.2, 0.25) is 5.02 Å². The molecule has 0 spiro atoms. The molecule has 0 nitrogen and oxygen atoms in total. The summed E-state index contributed by atoms with van der Waals surface area (Å²) in [4.78, 5) is 0. The van der Waals surface area contributed by atoms with Crippen LogP contribution in [0, 0.1) is 12.7 Å². The van der Waals surface area contributed by atoms with Gasteiger partial charge in [0.15, 0.2) is 0 Å². The molecule has 0 aromatic heterocycles. The van der Waals surface area contributed by atoms with Gasteiger partial charge >= 0.3 is 0 Å². The van der Waals surface area contributed by atoms with Crippen LogP contribution in [0.1, 0.15) is 208 Å². The van der Waals surface area contributed by atoms with Crippen molar-refractivity contribution in [3.63, 3.8) is 0 Å². The maximum Gasteiger partial charge on any atom is 0.126 e. The number of aryl methyl sites for hydroxylation is 1. The van der Waals surface area contributed by atoms with Crippen molar-refractivity contribution >= 4 is 11.6 Å². The third-order valence-corrected chi connectivity index (χ3v) is 9.81. The van der Waals surface area contributed by atoms with Gasteiger partial charge < -0.3 is 0 Å². The van der Waals surface area contributed by atoms with Gasteiger partial charge in [-0.1, -0.05) is 189 Å². The summed E-state index contributed by atoms with van der Waals surface area (Å²) < 4.78 is 13.5. The van der Waals surface area contributed by atoms with Crippen LogP contribution in [-0.2, 0) is 0 Å². The molecule has 0 aliphatic heterocycles. The Balaban J connectivity index is 0.000000340. The summed E-state index contributed by atoms with van der Waals surface area (Å²) in [7, 11) is 0. The minimum absolute atomic E-state index is 0.0683. The van der Waals surface area contributed by atoms with E-state index in [0.717, 1.165) is 16.1 Å². The van der Waals surface area contributed by atoms with Crippen molar-refractivity contribution in [2.24, 2.45) is 0 Å². The Hall–Kier alpha value is -2.90. The number of hydrogen-bond acceptors (Lipinski definition) is 0. The van der Waals surface area contributed by atoms with Crippen molar-refractivity contribution in [3.05, 3.63) is 140 Å². The summed E-state index contributed by atoms with van der Waals surface area (Å²) in [6, 6.07) is 27.8. The van der Waals surface area contributed by atoms with E-state index in [4.69, 9.17) is 11.6 Å². The van der Waals surface area contributed by atoms with Gasteiger partial charge in [0, 0.05) is 5.02 Å². The molecular weight excluding hydrogens is 643 g/mol. The van der Waals surface area contributed by atoms with Crippen molar-refractivity contribution in [1.82, 2.24) is 0 Å². The zero-order valence-corrected chi connectivity index (χ0v) is 36.1. The third kappa shape index (κ3) is 15.7. The van der Waals surface area contributed by atoms with E-state index in [1.807, 2.05) is 26.0 Å². The van der Waals surface area contributed by atoms with E-state index in [1.54, 1.807) is 6.07 Å². The van der Waals surface area contributed by atoms with Crippen molar-refractivity contribution in [3.8, 4) is 0 Å². The van der Waals surface area contributed by atoms with Crippen LogP contribution >= 0.6 is 11.6 Å². The van der Waals surface area contributed by atoms with Crippen LogP contribution in [0.5, 0.6) is 0 Å². The second-order valence-corrected chi connectivity index (χ2v) is 17.0. The SMILES string of the molecule is CC(C)c1ccc(C(C)C)c(Cl)c1.CC(C)c1ccc(C(C)C)c(F)c1.CC(C)c1ccc(C(C)C)cc1.Cc1cc(C(C)C)ccc1C(C)C. The standard InChI is InChI=1S/C13H20.C12H17Cl.C12H17F.C12H18/c1-9(2)12-6-7-13(10(3)4)11(5)8-12;2*1-8(2)10-5-6-11(9(3)4)12(13)7-10;1-9(2)11-5-7-12(8-6-11)10(3)4/h6-10H,1-5H3;2*5-9H,1-4H3;5-10H,1-4H3. The largest absolute Gasteiger partial charge is 0.207 e. The van der Waals surface area contributed by atoms with Crippen molar-refractivity contribution < 1.29 is 4.39 Å². The second-order valence-electron chi connectivity index (χ2n) is 16.6. The Kier molecular flexibility index (Phi) is 20.1. The molecule has 4 aromatic carbocycles. The Morgan fingerprint density at radius 1 is 0.353 bits per heavy atom. The maximum atomic E-state index is 13.5. The molecule has 0 atom stereocenters. The van der Waals surface area contributed by atoms with Gasteiger partial charge in [-0.3, -0.25) is 0 Å². The highest BCUT2D eigenvalue weighted by Crippen LogP contribution is 2.28. The summed E-state index contributed by atoms with van der Waals surface area (Å²) in [6.07, 6.45) is 0. The second kappa shape index (κ2) is 22.2. The molecular formula is C49H72ClF. The summed E-state index contributed by atoms with van der Waals surface area (Å²) >= 11 is 6.17. The fourth-order valence-electron chi connectivity index (χ4n) is 5.71. The normalized spacial score (nSPS) is 11.3. The molecule has 0 aliphatic rings. The van der Waals surface area contributed by atoms with E-state index in [2.05, 4.69) is 165 Å². The van der Waals surface area contributed by atoms with Gasteiger partial charge in [0.25, 0.3) is 0 Å². The van der Waals surface area contributed by atoms with Gasteiger partial charge in [-0.05, 0) is 116 Å². The Bertz CT molecular complexity index is 1400. The van der Waals surface area contributed by atoms with E-state index < -0.39 is 0 Å². The molecule has 4 aromatic rings. The number of halogens is 2. The van der Waals surface area contributed by atoms with Gasteiger partial charge in [0.05, 0.1) is 0 Å². The lowest BCUT2D eigenvalue weighted by atomic mass is 9.93. The molecule has 0 amide bonds. The van der Waals surface area contributed by atoms with E-state index in [-0.39, 0.29) is 11.7 Å². The topological polar surface area (TPSA) is 0 Å². The van der Waals surface area contributed by atoms with Crippen molar-refractivity contribution in [2.45, 2.75) is 165 Å². The fourth-order valence-corrected chi connectivity index (χ4v) is 6.12. The molecule has 0 radical (unpaired) electrons. The predicted octanol–water partition coefficient (Wildman–Crippen LogP) is 16.8. The van der Waals surface area contributed by atoms with Gasteiger partial charge in [0.1, 0.15) is 5.82 Å². The molecule has 0 fully saturated rings. The lowest BCUT2D eigenvalue weighted by Crippen LogP contribution is -1.96. The average Bonchev–Trinajstić information content (AvgIpc) is 3.04. The quantitative estimate of drug-likeness (QED) is 0.170. The van der Waals surface area contributed by atoms with Crippen LogP contribution in [0.3, 0.4) is 0 Å². The van der Waals surface area contributed by atoms with Crippen molar-refractivity contribution in [2.75, 3.05) is 0 Å². The first kappa shape index (κ1) is 46.1. The van der Waals surface area contributed by atoms with Gasteiger partial charge in [-0.15, -0.1) is 0 Å². The van der Waals surface area contributed by atoms with E-state index in [1.165, 1.54) is 38.9 Å². The van der Waals surface area contributed by atoms with Gasteiger partial charge in [0.2, 0.25) is 0 Å². The Labute approximate surface area is 319 Å². The van der Waals surface area contributed by atoms with E-state index >= 15 is 0 Å². The van der Waals surface area contributed by atoms with Crippen LogP contribution in [-0.4, -0.2) is 0 Å². The molecule has 0 aliphatic carbocycles. The third-order valence-electron chi connectivity index (χ3n) is 9.48. The summed E-state index contributed by atoms with van der Waals surface area (Å²) in [5, 5.41) is 0.904. The minimum Gasteiger partial charge on any atom is -0.207 e. The molecule has 4 rings (SSSR count). The van der Waals surface area contributed by atoms with E-state index in [9.17, 15) is 4.39 Å². The zero-order valence-electron chi connectivity index (χ0n) is 35.4. The molecule has 0 N–H and O–H groups in total. The average molecular weight is 716 g/mol. The molecule has 0 saturated carbocycles. The number of benzene rings is 4. The highest BCUT2D eigenvalue weighted by molar-refractivity contribution is 6.31. The first-order chi connectivity index (χ1) is 23.7. The summed E-state index contributed by atoms with van der Waals surface area (Å²) in [5.74, 6) is 4.23.